The fourth-order valence-electron chi connectivity index (χ4n) is 1.88. The Morgan fingerprint density at radius 3 is 2.52 bits per heavy atom. The number of nitrogens with one attached hydrogen (secondary N) is 1. The number of halogens is 1. The molecule has 0 bridgehead atoms. The van der Waals surface area contributed by atoms with E-state index in [1.54, 1.807) is 13.8 Å². The van der Waals surface area contributed by atoms with Gasteiger partial charge in [0.1, 0.15) is 0 Å². The minimum absolute atomic E-state index is 0.204. The molecular weight excluding hydrogens is 283 g/mol. The van der Waals surface area contributed by atoms with Crippen LogP contribution in [0.4, 0.5) is 15.8 Å². The Labute approximate surface area is 119 Å². The van der Waals surface area contributed by atoms with Crippen molar-refractivity contribution in [1.29, 1.82) is 0 Å². The first kappa shape index (κ1) is 16.5. The third-order valence-electron chi connectivity index (χ3n) is 2.72. The van der Waals surface area contributed by atoms with Crippen LogP contribution < -0.4 is 5.32 Å². The van der Waals surface area contributed by atoms with Gasteiger partial charge in [-0.25, -0.2) is 4.39 Å². The molecule has 2 N–H and O–H groups in total. The highest BCUT2D eigenvalue weighted by Gasteiger charge is 2.27. The van der Waals surface area contributed by atoms with E-state index in [2.05, 4.69) is 5.32 Å². The number of amides is 1. The molecule has 0 aliphatic rings. The molecule has 0 saturated heterocycles. The number of benzene rings is 1. The number of hydrogen-bond donors (Lipinski definition) is 2. The van der Waals surface area contributed by atoms with E-state index in [-0.39, 0.29) is 12.8 Å². The molecule has 0 spiro atoms. The Kier molecular flexibility index (Phi) is 4.96. The average Bonchev–Trinajstić information content (AvgIpc) is 2.28. The Morgan fingerprint density at radius 1 is 1.38 bits per heavy atom. The molecule has 8 heteroatoms. The van der Waals surface area contributed by atoms with Crippen LogP contribution in [0, 0.1) is 21.3 Å². The number of nitro groups is 1. The van der Waals surface area contributed by atoms with Crippen molar-refractivity contribution >= 4 is 23.3 Å². The molecule has 1 rings (SSSR count). The number of rotatable bonds is 6. The number of carbonyl (C=O) groups excluding carboxylic acids is 1. The van der Waals surface area contributed by atoms with Gasteiger partial charge in [-0.2, -0.15) is 0 Å². The van der Waals surface area contributed by atoms with E-state index >= 15 is 0 Å². The smallest absolute Gasteiger partial charge is 0.303 e. The van der Waals surface area contributed by atoms with Gasteiger partial charge in [0, 0.05) is 12.5 Å². The lowest BCUT2D eigenvalue weighted by Gasteiger charge is -2.21. The zero-order valence-electron chi connectivity index (χ0n) is 11.6. The summed E-state index contributed by atoms with van der Waals surface area (Å²) >= 11 is 0. The summed E-state index contributed by atoms with van der Waals surface area (Å²) in [6.45, 7) is 3.13. The summed E-state index contributed by atoms with van der Waals surface area (Å²) in [5.41, 5.74) is -1.92. The molecule has 0 unspecified atom stereocenters. The van der Waals surface area contributed by atoms with E-state index in [4.69, 9.17) is 5.11 Å². The summed E-state index contributed by atoms with van der Waals surface area (Å²) in [5, 5.41) is 21.7. The number of anilines is 1. The van der Waals surface area contributed by atoms with E-state index in [9.17, 15) is 24.1 Å². The topological polar surface area (TPSA) is 110 Å². The average molecular weight is 298 g/mol. The maximum atomic E-state index is 13.6. The van der Waals surface area contributed by atoms with Crippen molar-refractivity contribution in [1.82, 2.24) is 0 Å². The highest BCUT2D eigenvalue weighted by atomic mass is 19.1. The van der Waals surface area contributed by atoms with E-state index in [1.807, 2.05) is 0 Å². The van der Waals surface area contributed by atoms with Gasteiger partial charge in [0.05, 0.1) is 11.3 Å². The number of carboxylic acids is 1. The first-order chi connectivity index (χ1) is 9.62. The molecule has 0 aromatic heterocycles. The monoisotopic (exact) mass is 298 g/mol. The fraction of sp³-hybridized carbons (Fsp3) is 0.385. The summed E-state index contributed by atoms with van der Waals surface area (Å²) in [7, 11) is 0. The number of para-hydroxylation sites is 1. The Bertz CT molecular complexity index is 586. The van der Waals surface area contributed by atoms with Gasteiger partial charge in [-0.05, 0) is 11.5 Å². The largest absolute Gasteiger partial charge is 0.481 e. The van der Waals surface area contributed by atoms with Crippen LogP contribution in [-0.2, 0) is 9.59 Å². The van der Waals surface area contributed by atoms with Crippen molar-refractivity contribution in [3.05, 3.63) is 34.1 Å². The zero-order chi connectivity index (χ0) is 16.2. The van der Waals surface area contributed by atoms with Gasteiger partial charge in [0.2, 0.25) is 5.91 Å². The van der Waals surface area contributed by atoms with Gasteiger partial charge in [0.15, 0.2) is 11.5 Å². The van der Waals surface area contributed by atoms with Crippen LogP contribution in [0.15, 0.2) is 18.2 Å². The molecule has 1 aromatic carbocycles. The van der Waals surface area contributed by atoms with Crippen LogP contribution in [0.5, 0.6) is 0 Å². The predicted molar refractivity (Wildman–Crippen MR) is 72.3 cm³/mol. The summed E-state index contributed by atoms with van der Waals surface area (Å²) in [6, 6.07) is 3.23. The van der Waals surface area contributed by atoms with E-state index in [1.165, 1.54) is 0 Å². The minimum atomic E-state index is -1.07. The molecule has 0 fully saturated rings. The lowest BCUT2D eigenvalue weighted by molar-refractivity contribution is -0.384. The van der Waals surface area contributed by atoms with E-state index in [0.717, 1.165) is 18.2 Å². The van der Waals surface area contributed by atoms with Gasteiger partial charge in [0.25, 0.3) is 5.69 Å². The molecule has 0 saturated carbocycles. The van der Waals surface area contributed by atoms with E-state index < -0.39 is 39.4 Å². The third kappa shape index (κ3) is 4.83. The molecule has 0 aliphatic heterocycles. The molecule has 1 amide bonds. The fourth-order valence-corrected chi connectivity index (χ4v) is 1.88. The van der Waals surface area contributed by atoms with Crippen LogP contribution in [0.25, 0.3) is 0 Å². The van der Waals surface area contributed by atoms with Crippen molar-refractivity contribution in [3.63, 3.8) is 0 Å². The molecule has 7 nitrogen and oxygen atoms in total. The molecule has 0 heterocycles. The quantitative estimate of drug-likeness (QED) is 0.619. The van der Waals surface area contributed by atoms with Gasteiger partial charge in [-0.1, -0.05) is 19.9 Å². The van der Waals surface area contributed by atoms with Crippen LogP contribution >= 0.6 is 0 Å². The van der Waals surface area contributed by atoms with Gasteiger partial charge < -0.3 is 10.4 Å². The number of hydrogen-bond acceptors (Lipinski definition) is 4. The molecule has 0 radical (unpaired) electrons. The highest BCUT2D eigenvalue weighted by Crippen LogP contribution is 2.29. The SMILES string of the molecule is CC(C)(CC(=O)O)CC(=O)Nc1c(F)cccc1[N+](=O)[O-]. The van der Waals surface area contributed by atoms with Gasteiger partial charge >= 0.3 is 5.97 Å². The minimum Gasteiger partial charge on any atom is -0.481 e. The van der Waals surface area contributed by atoms with Crippen molar-refractivity contribution in [2.24, 2.45) is 5.41 Å². The second kappa shape index (κ2) is 6.29. The van der Waals surface area contributed by atoms with E-state index in [0.29, 0.717) is 0 Å². The molecule has 21 heavy (non-hydrogen) atoms. The van der Waals surface area contributed by atoms with Crippen molar-refractivity contribution in [2.45, 2.75) is 26.7 Å². The number of nitrogens with zero attached hydrogens (tertiary/aromatic N) is 1. The molecule has 0 aliphatic carbocycles. The normalized spacial score (nSPS) is 11.0. The Hall–Kier alpha value is -2.51. The number of carboxylic acid groups (broad SMARTS) is 1. The molecule has 114 valence electrons. The lowest BCUT2D eigenvalue weighted by atomic mass is 9.85. The first-order valence-electron chi connectivity index (χ1n) is 6.07. The number of aliphatic carboxylic acids is 1. The number of nitro benzene ring substituents is 1. The summed E-state index contributed by atoms with van der Waals surface area (Å²) < 4.78 is 13.6. The Morgan fingerprint density at radius 2 is 2.00 bits per heavy atom. The molecule has 1 aromatic rings. The Balaban J connectivity index is 2.89. The van der Waals surface area contributed by atoms with Crippen LogP contribution in [0.1, 0.15) is 26.7 Å². The zero-order valence-corrected chi connectivity index (χ0v) is 11.6. The number of carbonyl (C=O) groups is 2. The van der Waals surface area contributed by atoms with Crippen molar-refractivity contribution in [2.75, 3.05) is 5.32 Å². The summed E-state index contributed by atoms with van der Waals surface area (Å²) in [4.78, 5) is 32.5. The first-order valence-corrected chi connectivity index (χ1v) is 6.07. The van der Waals surface area contributed by atoms with Gasteiger partial charge in [-0.3, -0.25) is 19.7 Å². The summed E-state index contributed by atoms with van der Waals surface area (Å²) in [6.07, 6.45) is -0.454. The van der Waals surface area contributed by atoms with Crippen LogP contribution in [0.2, 0.25) is 0 Å². The van der Waals surface area contributed by atoms with Crippen LogP contribution in [0.3, 0.4) is 0 Å². The highest BCUT2D eigenvalue weighted by molar-refractivity contribution is 5.93. The van der Waals surface area contributed by atoms with Crippen molar-refractivity contribution in [3.8, 4) is 0 Å². The molecular formula is C13H15FN2O5. The second-order valence-electron chi connectivity index (χ2n) is 5.35. The maximum Gasteiger partial charge on any atom is 0.303 e. The third-order valence-corrected chi connectivity index (χ3v) is 2.72. The maximum absolute atomic E-state index is 13.6. The van der Waals surface area contributed by atoms with Crippen LogP contribution in [-0.4, -0.2) is 21.9 Å². The standard InChI is InChI=1S/C13H15FN2O5/c1-13(2,7-11(18)19)6-10(17)15-12-8(14)4-3-5-9(12)16(20)21/h3-5H,6-7H2,1-2H3,(H,15,17)(H,18,19). The van der Waals surface area contributed by atoms with Crippen molar-refractivity contribution < 1.29 is 24.0 Å². The lowest BCUT2D eigenvalue weighted by Crippen LogP contribution is -2.25. The predicted octanol–water partition coefficient (Wildman–Crippen LogP) is 2.56. The van der Waals surface area contributed by atoms with Gasteiger partial charge in [-0.15, -0.1) is 0 Å². The summed E-state index contributed by atoms with van der Waals surface area (Å²) in [5.74, 6) is -2.67. The molecule has 0 atom stereocenters. The second-order valence-corrected chi connectivity index (χ2v) is 5.35.